The Hall–Kier alpha value is -1.63. The van der Waals surface area contributed by atoms with Crippen molar-refractivity contribution in [2.24, 2.45) is 0 Å². The number of hydrogen-bond donors (Lipinski definition) is 2. The van der Waals surface area contributed by atoms with Crippen LogP contribution in [0.15, 0.2) is 41.3 Å². The van der Waals surface area contributed by atoms with Crippen LogP contribution in [0, 0.1) is 0 Å². The Balaban J connectivity index is 2.77. The third-order valence-electron chi connectivity index (χ3n) is 2.20. The molecule has 2 N–H and O–H groups in total. The summed E-state index contributed by atoms with van der Waals surface area (Å²) in [5.41, 5.74) is 0. The predicted octanol–water partition coefficient (Wildman–Crippen LogP) is 1.72. The summed E-state index contributed by atoms with van der Waals surface area (Å²) in [6.45, 7) is 0. The van der Waals surface area contributed by atoms with Gasteiger partial charge in [0.15, 0.2) is 0 Å². The Morgan fingerprint density at radius 2 is 1.81 bits per heavy atom. The van der Waals surface area contributed by atoms with Crippen molar-refractivity contribution in [2.45, 2.75) is 4.90 Å². The van der Waals surface area contributed by atoms with Crippen molar-refractivity contribution in [3.8, 4) is 5.75 Å². The molecule has 0 heterocycles. The summed E-state index contributed by atoms with van der Waals surface area (Å²) in [5, 5.41) is 18.9. The van der Waals surface area contributed by atoms with E-state index in [0.29, 0.717) is 10.8 Å². The lowest BCUT2D eigenvalue weighted by atomic mass is 10.1. The summed E-state index contributed by atoms with van der Waals surface area (Å²) in [6.07, 6.45) is 0. The zero-order valence-corrected chi connectivity index (χ0v) is 8.81. The number of aromatic hydroxyl groups is 1. The fourth-order valence-electron chi connectivity index (χ4n) is 1.45. The number of fused-ring (bicyclic) bond motifs is 1. The molecule has 0 bridgehead atoms. The van der Waals surface area contributed by atoms with E-state index in [0.717, 1.165) is 6.07 Å². The molecule has 16 heavy (non-hydrogen) atoms. The highest BCUT2D eigenvalue weighted by atomic mass is 32.2. The van der Waals surface area contributed by atoms with Gasteiger partial charge in [-0.05, 0) is 11.5 Å². The third-order valence-corrected chi connectivity index (χ3v) is 3.21. The summed E-state index contributed by atoms with van der Waals surface area (Å²) in [7, 11) is -4.22. The normalized spacial score (nSPS) is 11.8. The van der Waals surface area contributed by atoms with Crippen LogP contribution in [0.2, 0.25) is 0 Å². The molecule has 0 amide bonds. The number of hydrogen-bond acceptors (Lipinski definition) is 5. The molecule has 6 heteroatoms. The molecule has 0 aliphatic rings. The van der Waals surface area contributed by atoms with Gasteiger partial charge >= 0.3 is 10.1 Å². The highest BCUT2D eigenvalue weighted by Gasteiger charge is 2.17. The highest BCUT2D eigenvalue weighted by molar-refractivity contribution is 7.86. The summed E-state index contributed by atoms with van der Waals surface area (Å²) < 4.78 is 25.8. The van der Waals surface area contributed by atoms with Crippen LogP contribution in [0.1, 0.15) is 0 Å². The molecule has 2 aromatic rings. The molecule has 0 saturated heterocycles. The highest BCUT2D eigenvalue weighted by Crippen LogP contribution is 2.28. The molecule has 0 aromatic heterocycles. The Labute approximate surface area is 91.6 Å². The molecular formula is C10H8O5S. The van der Waals surface area contributed by atoms with E-state index in [1.54, 1.807) is 24.3 Å². The zero-order valence-electron chi connectivity index (χ0n) is 7.99. The first-order valence-electron chi connectivity index (χ1n) is 4.34. The second-order valence-corrected chi connectivity index (χ2v) is 4.72. The number of benzene rings is 2. The maximum Gasteiger partial charge on any atom is 0.323 e. The Kier molecular flexibility index (Phi) is 2.55. The molecule has 0 aliphatic carbocycles. The average molecular weight is 240 g/mol. The summed E-state index contributed by atoms with van der Waals surface area (Å²) >= 11 is 0. The smallest absolute Gasteiger partial charge is 0.323 e. The van der Waals surface area contributed by atoms with Gasteiger partial charge in [-0.2, -0.15) is 8.42 Å². The van der Waals surface area contributed by atoms with Gasteiger partial charge in [0, 0.05) is 11.5 Å². The van der Waals surface area contributed by atoms with Gasteiger partial charge < -0.3 is 5.11 Å². The van der Waals surface area contributed by atoms with Gasteiger partial charge in [-0.25, -0.2) is 5.26 Å². The molecule has 2 rings (SSSR count). The van der Waals surface area contributed by atoms with Crippen LogP contribution in [0.3, 0.4) is 0 Å². The number of rotatable bonds is 2. The van der Waals surface area contributed by atoms with Gasteiger partial charge in [0.2, 0.25) is 0 Å². The first kappa shape index (κ1) is 10.9. The molecule has 84 valence electrons. The van der Waals surface area contributed by atoms with Crippen LogP contribution >= 0.6 is 0 Å². The van der Waals surface area contributed by atoms with Crippen LogP contribution in [0.4, 0.5) is 0 Å². The van der Waals surface area contributed by atoms with Crippen molar-refractivity contribution in [3.63, 3.8) is 0 Å². The van der Waals surface area contributed by atoms with Gasteiger partial charge in [0.25, 0.3) is 0 Å². The van der Waals surface area contributed by atoms with E-state index in [1.165, 1.54) is 6.07 Å². The van der Waals surface area contributed by atoms with Crippen molar-refractivity contribution >= 4 is 20.9 Å². The lowest BCUT2D eigenvalue weighted by molar-refractivity contribution is -0.130. The summed E-state index contributed by atoms with van der Waals surface area (Å²) in [4.78, 5) is -0.300. The van der Waals surface area contributed by atoms with Crippen LogP contribution in [0.5, 0.6) is 5.75 Å². The molecule has 2 aromatic carbocycles. The average Bonchev–Trinajstić information content (AvgIpc) is 2.29. The largest absolute Gasteiger partial charge is 0.507 e. The number of phenols is 1. The van der Waals surface area contributed by atoms with Crippen molar-refractivity contribution in [3.05, 3.63) is 36.4 Å². The van der Waals surface area contributed by atoms with E-state index in [-0.39, 0.29) is 10.6 Å². The van der Waals surface area contributed by atoms with Crippen LogP contribution in [-0.2, 0) is 14.5 Å². The van der Waals surface area contributed by atoms with Gasteiger partial charge in [-0.3, -0.25) is 0 Å². The van der Waals surface area contributed by atoms with Crippen molar-refractivity contribution in [1.29, 1.82) is 0 Å². The lowest BCUT2D eigenvalue weighted by Gasteiger charge is -2.04. The van der Waals surface area contributed by atoms with E-state index in [2.05, 4.69) is 4.33 Å². The Morgan fingerprint density at radius 1 is 1.12 bits per heavy atom. The molecule has 0 spiro atoms. The van der Waals surface area contributed by atoms with Crippen molar-refractivity contribution < 1.29 is 23.1 Å². The summed E-state index contributed by atoms with van der Waals surface area (Å²) in [5.74, 6) is -0.186. The van der Waals surface area contributed by atoms with Crippen molar-refractivity contribution in [2.75, 3.05) is 0 Å². The number of phenolic OH excluding ortho intramolecular Hbond substituents is 1. The second-order valence-electron chi connectivity index (χ2n) is 3.19. The fraction of sp³-hybridized carbons (Fsp3) is 0. The topological polar surface area (TPSA) is 83.8 Å². The van der Waals surface area contributed by atoms with E-state index < -0.39 is 10.1 Å². The van der Waals surface area contributed by atoms with E-state index >= 15 is 0 Å². The fourth-order valence-corrected chi connectivity index (χ4v) is 2.06. The van der Waals surface area contributed by atoms with E-state index in [4.69, 9.17) is 5.26 Å². The Bertz CT molecular complexity index is 633. The minimum absolute atomic E-state index is 0.186. The van der Waals surface area contributed by atoms with Crippen molar-refractivity contribution in [1.82, 2.24) is 0 Å². The minimum Gasteiger partial charge on any atom is -0.507 e. The van der Waals surface area contributed by atoms with E-state index in [9.17, 15) is 13.5 Å². The minimum atomic E-state index is -4.22. The van der Waals surface area contributed by atoms with Gasteiger partial charge in [0.1, 0.15) is 10.6 Å². The molecule has 0 radical (unpaired) electrons. The van der Waals surface area contributed by atoms with Crippen LogP contribution in [-0.4, -0.2) is 18.8 Å². The quantitative estimate of drug-likeness (QED) is 0.616. The molecule has 0 aliphatic heterocycles. The van der Waals surface area contributed by atoms with Gasteiger partial charge in [-0.15, -0.1) is 4.33 Å². The first-order valence-corrected chi connectivity index (χ1v) is 5.75. The van der Waals surface area contributed by atoms with Crippen LogP contribution < -0.4 is 0 Å². The van der Waals surface area contributed by atoms with Crippen LogP contribution in [0.25, 0.3) is 10.8 Å². The lowest BCUT2D eigenvalue weighted by Crippen LogP contribution is -2.02. The van der Waals surface area contributed by atoms with Gasteiger partial charge in [0.05, 0.1) is 0 Å². The predicted molar refractivity (Wildman–Crippen MR) is 56.5 cm³/mol. The maximum atomic E-state index is 11.2. The SMILES string of the molecule is O=S(=O)(OO)c1cc(O)c2ccccc2c1. The standard InChI is InChI=1S/C10H8O5S/c11-10-6-8(16(13,14)15-12)5-7-3-1-2-4-9(7)10/h1-6,11-12H. The first-order chi connectivity index (χ1) is 7.54. The molecule has 5 nitrogen and oxygen atoms in total. The van der Waals surface area contributed by atoms with E-state index in [1.807, 2.05) is 0 Å². The molecule has 0 saturated carbocycles. The monoisotopic (exact) mass is 240 g/mol. The molecular weight excluding hydrogens is 232 g/mol. The molecule has 0 unspecified atom stereocenters. The third kappa shape index (κ3) is 1.73. The Morgan fingerprint density at radius 3 is 2.50 bits per heavy atom. The summed E-state index contributed by atoms with van der Waals surface area (Å²) in [6, 6.07) is 9.05. The zero-order chi connectivity index (χ0) is 11.8. The molecule has 0 atom stereocenters. The molecule has 0 fully saturated rings. The second kappa shape index (κ2) is 3.75. The maximum absolute atomic E-state index is 11.2. The van der Waals surface area contributed by atoms with Gasteiger partial charge in [-0.1, -0.05) is 24.3 Å².